The second-order valence-electron chi connectivity index (χ2n) is 10.8. The summed E-state index contributed by atoms with van der Waals surface area (Å²) in [7, 11) is -2.33. The Labute approximate surface area is 215 Å². The van der Waals surface area contributed by atoms with E-state index < -0.39 is 21.4 Å². The number of aromatic amines is 1. The summed E-state index contributed by atoms with van der Waals surface area (Å²) in [6.45, 7) is 8.88. The minimum atomic E-state index is -5.78. The Kier molecular flexibility index (Phi) is 6.69. The van der Waals surface area contributed by atoms with Crippen LogP contribution in [0.2, 0.25) is 0 Å². The van der Waals surface area contributed by atoms with Gasteiger partial charge in [0.25, 0.3) is 0 Å². The molecular formula is C26H32F3N3O4S. The molecule has 0 aliphatic carbocycles. The van der Waals surface area contributed by atoms with Gasteiger partial charge in [0.15, 0.2) is 0 Å². The summed E-state index contributed by atoms with van der Waals surface area (Å²) in [5.41, 5.74) is -2.22. The number of hydrogen-bond donors (Lipinski definition) is 2. The van der Waals surface area contributed by atoms with E-state index in [2.05, 4.69) is 60.2 Å². The van der Waals surface area contributed by atoms with Crippen molar-refractivity contribution in [2.75, 3.05) is 19.1 Å². The van der Waals surface area contributed by atoms with Gasteiger partial charge in [-0.05, 0) is 64.8 Å². The first-order chi connectivity index (χ1) is 17.0. The lowest BCUT2D eigenvalue weighted by Gasteiger charge is -2.49. The molecule has 0 spiro atoms. The molecule has 3 aromatic rings. The topological polar surface area (TPSA) is 83.7 Å². The third-order valence-electron chi connectivity index (χ3n) is 6.74. The molecule has 0 bridgehead atoms. The average Bonchev–Trinajstić information content (AvgIpc) is 3.18. The van der Waals surface area contributed by atoms with Gasteiger partial charge >= 0.3 is 15.6 Å². The quantitative estimate of drug-likeness (QED) is 0.304. The summed E-state index contributed by atoms with van der Waals surface area (Å²) in [6, 6.07) is 10.2. The number of aromatic nitrogens is 1. The van der Waals surface area contributed by atoms with Crippen LogP contribution in [-0.4, -0.2) is 50.2 Å². The predicted molar refractivity (Wildman–Crippen MR) is 139 cm³/mol. The Balaban J connectivity index is 1.64. The summed E-state index contributed by atoms with van der Waals surface area (Å²) >= 11 is 0. The van der Waals surface area contributed by atoms with Crippen molar-refractivity contribution in [3.63, 3.8) is 0 Å². The Bertz CT molecular complexity index is 1400. The molecule has 2 heterocycles. The fourth-order valence-electron chi connectivity index (χ4n) is 5.43. The molecule has 2 N–H and O–H groups in total. The van der Waals surface area contributed by atoms with Gasteiger partial charge in [0.05, 0.1) is 7.11 Å². The molecule has 0 radical (unpaired) electrons. The first kappa shape index (κ1) is 27.1. The standard InChI is InChI=1S/C26H32F3N3O4S/c1-24(2)13-17(14-25(3,4)31-24)32(5)16-7-9-19-21(15-30-22(19)11-16)20-10-8-18(12-23(20)35-6)36-37(33,34)26(27,28)29/h7-12,15,17,30-31H,13-14H2,1-6H3. The van der Waals surface area contributed by atoms with Crippen molar-refractivity contribution < 1.29 is 30.5 Å². The summed E-state index contributed by atoms with van der Waals surface area (Å²) < 4.78 is 70.5. The summed E-state index contributed by atoms with van der Waals surface area (Å²) in [5, 5.41) is 4.60. The lowest BCUT2D eigenvalue weighted by molar-refractivity contribution is -0.0500. The van der Waals surface area contributed by atoms with Crippen molar-refractivity contribution in [1.29, 1.82) is 0 Å². The zero-order chi connectivity index (χ0) is 27.4. The van der Waals surface area contributed by atoms with Gasteiger partial charge in [0.1, 0.15) is 11.5 Å². The van der Waals surface area contributed by atoms with Crippen LogP contribution in [0.5, 0.6) is 11.5 Å². The van der Waals surface area contributed by atoms with Gasteiger partial charge in [-0.1, -0.05) is 6.07 Å². The van der Waals surface area contributed by atoms with E-state index in [0.717, 1.165) is 41.1 Å². The van der Waals surface area contributed by atoms with Crippen molar-refractivity contribution in [1.82, 2.24) is 10.3 Å². The van der Waals surface area contributed by atoms with E-state index in [9.17, 15) is 21.6 Å². The third-order valence-corrected chi connectivity index (χ3v) is 7.72. The summed E-state index contributed by atoms with van der Waals surface area (Å²) in [4.78, 5) is 5.57. The number of halogens is 3. The number of hydrogen-bond acceptors (Lipinski definition) is 6. The maximum absolute atomic E-state index is 12.7. The highest BCUT2D eigenvalue weighted by molar-refractivity contribution is 7.88. The van der Waals surface area contributed by atoms with E-state index in [0.29, 0.717) is 11.6 Å². The number of H-pyrrole nitrogens is 1. The Morgan fingerprint density at radius 1 is 1.00 bits per heavy atom. The molecule has 202 valence electrons. The molecule has 2 aromatic carbocycles. The van der Waals surface area contributed by atoms with E-state index in [-0.39, 0.29) is 16.8 Å². The average molecular weight is 540 g/mol. The first-order valence-electron chi connectivity index (χ1n) is 11.8. The number of benzene rings is 2. The van der Waals surface area contributed by atoms with Crippen LogP contribution >= 0.6 is 0 Å². The fraction of sp³-hybridized carbons (Fsp3) is 0.462. The molecule has 1 fully saturated rings. The third kappa shape index (κ3) is 5.52. The fourth-order valence-corrected chi connectivity index (χ4v) is 5.88. The smallest absolute Gasteiger partial charge is 0.496 e. The minimum Gasteiger partial charge on any atom is -0.496 e. The van der Waals surface area contributed by atoms with E-state index in [1.54, 1.807) is 6.20 Å². The molecule has 0 saturated carbocycles. The zero-order valence-corrected chi connectivity index (χ0v) is 22.5. The SMILES string of the molecule is COc1cc(OS(=O)(=O)C(F)(F)F)ccc1-c1c[nH]c2cc(N(C)C3CC(C)(C)NC(C)(C)C3)ccc12. The molecular weight excluding hydrogens is 507 g/mol. The molecule has 4 rings (SSSR count). The van der Waals surface area contributed by atoms with Crippen molar-refractivity contribution in [3.05, 3.63) is 42.6 Å². The number of rotatable bonds is 6. The predicted octanol–water partition coefficient (Wildman–Crippen LogP) is 5.82. The number of nitrogens with zero attached hydrogens (tertiary/aromatic N) is 1. The minimum absolute atomic E-state index is 0.0102. The van der Waals surface area contributed by atoms with E-state index in [1.165, 1.54) is 19.2 Å². The molecule has 37 heavy (non-hydrogen) atoms. The summed E-state index contributed by atoms with van der Waals surface area (Å²) in [6.07, 6.45) is 3.78. The number of alkyl halides is 3. The van der Waals surface area contributed by atoms with Gasteiger partial charge in [-0.3, -0.25) is 0 Å². The van der Waals surface area contributed by atoms with Crippen LogP contribution in [0.4, 0.5) is 18.9 Å². The second-order valence-corrected chi connectivity index (χ2v) is 12.4. The molecule has 1 aliphatic heterocycles. The molecule has 0 unspecified atom stereocenters. The monoisotopic (exact) mass is 539 g/mol. The number of fused-ring (bicyclic) bond motifs is 1. The largest absolute Gasteiger partial charge is 0.534 e. The van der Waals surface area contributed by atoms with Crippen LogP contribution in [0.15, 0.2) is 42.6 Å². The van der Waals surface area contributed by atoms with Crippen molar-refractivity contribution >= 4 is 26.7 Å². The van der Waals surface area contributed by atoms with Gasteiger partial charge < -0.3 is 24.1 Å². The maximum Gasteiger partial charge on any atom is 0.534 e. The van der Waals surface area contributed by atoms with Gasteiger partial charge in [-0.15, -0.1) is 0 Å². The normalized spacial score (nSPS) is 18.1. The zero-order valence-electron chi connectivity index (χ0n) is 21.7. The Morgan fingerprint density at radius 3 is 2.24 bits per heavy atom. The first-order valence-corrected chi connectivity index (χ1v) is 13.3. The molecule has 11 heteroatoms. The van der Waals surface area contributed by atoms with Crippen molar-refractivity contribution in [2.24, 2.45) is 0 Å². The lowest BCUT2D eigenvalue weighted by atomic mass is 9.79. The molecule has 1 aromatic heterocycles. The van der Waals surface area contributed by atoms with Crippen LogP contribution in [-0.2, 0) is 10.1 Å². The number of ether oxygens (including phenoxy) is 1. The lowest BCUT2D eigenvalue weighted by Crippen LogP contribution is -2.61. The molecule has 0 atom stereocenters. The molecule has 1 saturated heterocycles. The van der Waals surface area contributed by atoms with Crippen molar-refractivity contribution in [2.45, 2.75) is 63.2 Å². The maximum atomic E-state index is 12.7. The number of anilines is 1. The van der Waals surface area contributed by atoms with Crippen LogP contribution < -0.4 is 19.1 Å². The highest BCUT2D eigenvalue weighted by Crippen LogP contribution is 2.40. The van der Waals surface area contributed by atoms with E-state index >= 15 is 0 Å². The molecule has 1 aliphatic rings. The number of piperidine rings is 1. The van der Waals surface area contributed by atoms with Crippen LogP contribution in [0.3, 0.4) is 0 Å². The van der Waals surface area contributed by atoms with Gasteiger partial charge in [-0.25, -0.2) is 0 Å². The van der Waals surface area contributed by atoms with E-state index in [1.807, 2.05) is 12.1 Å². The van der Waals surface area contributed by atoms with Crippen LogP contribution in [0.1, 0.15) is 40.5 Å². The Morgan fingerprint density at radius 2 is 1.65 bits per heavy atom. The number of methoxy groups -OCH3 is 1. The van der Waals surface area contributed by atoms with Crippen LogP contribution in [0, 0.1) is 0 Å². The second kappa shape index (κ2) is 9.13. The van der Waals surface area contributed by atoms with E-state index in [4.69, 9.17) is 4.74 Å². The van der Waals surface area contributed by atoms with Gasteiger partial charge in [-0.2, -0.15) is 21.6 Å². The molecule has 7 nitrogen and oxygen atoms in total. The number of nitrogens with one attached hydrogen (secondary N) is 2. The highest BCUT2D eigenvalue weighted by Gasteiger charge is 2.48. The van der Waals surface area contributed by atoms with Gasteiger partial charge in [0.2, 0.25) is 0 Å². The van der Waals surface area contributed by atoms with Crippen LogP contribution in [0.25, 0.3) is 22.0 Å². The summed E-state index contributed by atoms with van der Waals surface area (Å²) in [5.74, 6) is -0.314. The highest BCUT2D eigenvalue weighted by atomic mass is 32.2. The molecule has 0 amide bonds. The Hall–Kier alpha value is -2.92. The van der Waals surface area contributed by atoms with Gasteiger partial charge in [0, 0.05) is 64.1 Å². The van der Waals surface area contributed by atoms with Crippen molar-refractivity contribution in [3.8, 4) is 22.6 Å².